The quantitative estimate of drug-likeness (QED) is 0.0198. The van der Waals surface area contributed by atoms with Crippen molar-refractivity contribution in [3.8, 4) is 39.7 Å². The minimum Gasteiger partial charge on any atom is -0.545 e. The fraction of sp³-hybridized carbons (Fsp3) is 0.394. The number of aromatic carboxylic acids is 1. The van der Waals surface area contributed by atoms with Crippen molar-refractivity contribution in [2.75, 3.05) is 42.9 Å². The van der Waals surface area contributed by atoms with Gasteiger partial charge in [0.05, 0.1) is 48.8 Å². The summed E-state index contributed by atoms with van der Waals surface area (Å²) < 4.78 is 13.5. The lowest BCUT2D eigenvalue weighted by molar-refractivity contribution is -0.255. The molecule has 0 radical (unpaired) electrons. The van der Waals surface area contributed by atoms with Gasteiger partial charge in [0, 0.05) is 153 Å². The molecule has 24 nitrogen and oxygen atoms in total. The number of thiocarbonyl (C=S) groups is 1. The molecule has 2 aromatic carbocycles. The number of carboxylic acids is 1. The van der Waals surface area contributed by atoms with Crippen molar-refractivity contribution < 1.29 is 48.8 Å². The molecule has 5 aromatic rings. The fourth-order valence-electron chi connectivity index (χ4n) is 11.2. The van der Waals surface area contributed by atoms with Crippen LogP contribution in [0.3, 0.4) is 0 Å². The monoisotopic (exact) mass is 1270 g/mol. The highest BCUT2D eigenvalue weighted by atomic mass is 32.1. The number of carbonyl (C=O) groups is 5. The third-order valence-corrected chi connectivity index (χ3v) is 17.2. The van der Waals surface area contributed by atoms with Crippen molar-refractivity contribution in [1.82, 2.24) is 44.9 Å². The van der Waals surface area contributed by atoms with Crippen LogP contribution < -0.4 is 68.1 Å². The van der Waals surface area contributed by atoms with Crippen LogP contribution in [-0.4, -0.2) is 102 Å². The number of carboxylic acid groups (broad SMARTS) is 1. The predicted molar refractivity (Wildman–Crippen MR) is 350 cm³/mol. The number of fused-ring (bicyclic) bond motifs is 2. The van der Waals surface area contributed by atoms with Crippen LogP contribution in [0.5, 0.6) is 17.2 Å². The number of hydrogen-bond donors (Lipinski definition) is 9. The lowest BCUT2D eigenvalue weighted by Crippen LogP contribution is -2.51. The Morgan fingerprint density at radius 3 is 1.54 bits per heavy atom. The van der Waals surface area contributed by atoms with Crippen LogP contribution in [0.25, 0.3) is 33.4 Å². The Morgan fingerprint density at radius 1 is 0.604 bits per heavy atom. The molecular weight excluding hydrogens is 1190 g/mol. The topological polar surface area (TPSA) is 327 Å². The summed E-state index contributed by atoms with van der Waals surface area (Å²) in [5, 5.41) is 63.9. The summed E-state index contributed by atoms with van der Waals surface area (Å²) in [5.74, 6) is -4.81. The van der Waals surface area contributed by atoms with Crippen LogP contribution in [0.4, 0.5) is 11.4 Å². The minimum atomic E-state index is -1.49. The normalized spacial score (nSPS) is 11.3. The van der Waals surface area contributed by atoms with E-state index in [1.165, 1.54) is 24.3 Å². The fourth-order valence-corrected chi connectivity index (χ4v) is 11.4. The number of aromatic hydroxyl groups is 3. The number of nitrogens with one attached hydrogen (secondary N) is 6. The number of carbonyl (C=O) groups excluding carboxylic acids is 5. The van der Waals surface area contributed by atoms with Gasteiger partial charge in [-0.3, -0.25) is 33.6 Å². The second-order valence-electron chi connectivity index (χ2n) is 22.5. The standard InChI is InChI=1S/C66H81N11O13S/c1-11-76(12-2)42-16-19-45-54(33-42)90-55-34-43(77(13-3)14-4)17-20-46(55)60(45)47-32-41(15-18-44(47)64(88)89)71-65(91)67-28-24-59(84)72-66(25-21-56(81)68-35-48-61(85)51(78)29-38(5)73(48)8,26-22-57(82)69-36-49-62(86)52(79)30-39(6)74(49)9)27-23-58(83)70-37-50-63(87)53(80)31-40(7)75(50)10/h15-20,29-34H,11-14,21-28,35-37H2,1-10H3,(H9-,67,68,69,70,71,72,81,82,83,84,85,86,87,88,89,91). The molecule has 1 aliphatic carbocycles. The van der Waals surface area contributed by atoms with E-state index in [1.54, 1.807) is 67.7 Å². The Kier molecular flexibility index (Phi) is 22.8. The smallest absolute Gasteiger partial charge is 0.223 e. The highest BCUT2D eigenvalue weighted by Crippen LogP contribution is 2.43. The first-order valence-electron chi connectivity index (χ1n) is 30.2. The van der Waals surface area contributed by atoms with Crippen molar-refractivity contribution in [2.45, 2.75) is 119 Å². The van der Waals surface area contributed by atoms with Gasteiger partial charge in [-0.05, 0) is 116 Å². The molecule has 7 rings (SSSR count). The van der Waals surface area contributed by atoms with Gasteiger partial charge in [-0.25, -0.2) is 4.58 Å². The number of amides is 4. The van der Waals surface area contributed by atoms with Crippen molar-refractivity contribution >= 4 is 69.3 Å². The molecule has 0 fully saturated rings. The zero-order valence-electron chi connectivity index (χ0n) is 53.1. The molecule has 4 amide bonds. The van der Waals surface area contributed by atoms with E-state index in [0.29, 0.717) is 56.2 Å². The maximum absolute atomic E-state index is 14.4. The van der Waals surface area contributed by atoms with Gasteiger partial charge < -0.3 is 80.1 Å². The van der Waals surface area contributed by atoms with Gasteiger partial charge in [-0.15, -0.1) is 0 Å². The zero-order valence-corrected chi connectivity index (χ0v) is 53.9. The lowest BCUT2D eigenvalue weighted by Gasteiger charge is -2.35. The first kappa shape index (κ1) is 68.7. The average molecular weight is 1270 g/mol. The highest BCUT2D eigenvalue weighted by molar-refractivity contribution is 7.80. The number of aromatic nitrogens is 3. The Balaban J connectivity index is 1.16. The largest absolute Gasteiger partial charge is 0.545 e. The molecule has 0 unspecified atom stereocenters. The molecule has 25 heteroatoms. The Morgan fingerprint density at radius 2 is 1.09 bits per heavy atom. The molecule has 484 valence electrons. The molecule has 0 atom stereocenters. The third kappa shape index (κ3) is 16.4. The summed E-state index contributed by atoms with van der Waals surface area (Å²) in [6.07, 6.45) is -1.62. The van der Waals surface area contributed by atoms with Gasteiger partial charge in [-0.2, -0.15) is 0 Å². The van der Waals surface area contributed by atoms with Crippen LogP contribution in [0.1, 0.15) is 117 Å². The number of hydrogen-bond acceptors (Lipinski definition) is 15. The van der Waals surface area contributed by atoms with Crippen molar-refractivity contribution in [3.63, 3.8) is 0 Å². The van der Waals surface area contributed by atoms with Crippen LogP contribution in [0, 0.1) is 20.8 Å². The number of pyridine rings is 3. The first-order chi connectivity index (χ1) is 43.2. The summed E-state index contributed by atoms with van der Waals surface area (Å²) in [5.41, 5.74) is 1.94. The van der Waals surface area contributed by atoms with E-state index in [-0.39, 0.29) is 98.9 Å². The lowest BCUT2D eigenvalue weighted by atomic mass is 9.83. The van der Waals surface area contributed by atoms with Crippen LogP contribution in [0.15, 0.2) is 91.6 Å². The van der Waals surface area contributed by atoms with Gasteiger partial charge >= 0.3 is 0 Å². The molecular formula is C66H81N11O13S. The van der Waals surface area contributed by atoms with E-state index in [0.717, 1.165) is 37.2 Å². The third-order valence-electron chi connectivity index (χ3n) is 16.9. The summed E-state index contributed by atoms with van der Waals surface area (Å²) in [6.45, 7) is 15.4. The van der Waals surface area contributed by atoms with Gasteiger partial charge in [-0.1, -0.05) is 6.07 Å². The average Bonchev–Trinajstić information content (AvgIpc) is 0.762. The van der Waals surface area contributed by atoms with Gasteiger partial charge in [0.15, 0.2) is 22.4 Å². The van der Waals surface area contributed by atoms with Crippen molar-refractivity contribution in [3.05, 3.63) is 149 Å². The summed E-state index contributed by atoms with van der Waals surface area (Å²) in [7, 11) is 4.85. The van der Waals surface area contributed by atoms with Crippen LogP contribution in [-0.2, 0) is 60.0 Å². The van der Waals surface area contributed by atoms with Crippen LogP contribution >= 0.6 is 12.2 Å². The molecule has 4 heterocycles. The Labute approximate surface area is 531 Å². The molecule has 0 spiro atoms. The maximum Gasteiger partial charge on any atom is 0.223 e. The predicted octanol–water partition coefficient (Wildman–Crippen LogP) is 4.19. The number of nitrogens with zero attached hydrogens (tertiary/aromatic N) is 5. The van der Waals surface area contributed by atoms with E-state index >= 15 is 0 Å². The second kappa shape index (κ2) is 30.2. The van der Waals surface area contributed by atoms with E-state index in [1.807, 2.05) is 36.4 Å². The molecule has 9 N–H and O–H groups in total. The SMILES string of the molecule is CCN(CC)c1ccc2c(-c3cc(NC(=S)NCCC(=O)NC(CCC(=O)NCc4c(O)c(=O)cc(C)n4C)(CCC(=O)NCc4c(O)c(=O)cc(C)n4C)CCC(=O)NCc4c(O)c(=O)cc(C)n4C)ccc3C(=O)[O-])c3ccc(=[N+](CC)CC)cc-3oc2c1. The molecule has 1 aliphatic heterocycles. The molecule has 2 aliphatic rings. The zero-order chi connectivity index (χ0) is 66.6. The highest BCUT2D eigenvalue weighted by Gasteiger charge is 2.34. The number of aryl methyl sites for hydroxylation is 3. The van der Waals surface area contributed by atoms with E-state index in [4.69, 9.17) is 16.6 Å². The van der Waals surface area contributed by atoms with Gasteiger partial charge in [0.2, 0.25) is 45.3 Å². The second-order valence-corrected chi connectivity index (χ2v) is 22.9. The van der Waals surface area contributed by atoms with E-state index in [9.17, 15) is 58.8 Å². The van der Waals surface area contributed by atoms with Gasteiger partial charge in [0.25, 0.3) is 0 Å². The molecule has 0 saturated carbocycles. The van der Waals surface area contributed by atoms with E-state index in [2.05, 4.69) is 69.1 Å². The molecule has 91 heavy (non-hydrogen) atoms. The first-order valence-corrected chi connectivity index (χ1v) is 30.6. The number of anilines is 2. The number of benzene rings is 3. The number of rotatable bonds is 27. The molecule has 3 aromatic heterocycles. The van der Waals surface area contributed by atoms with E-state index < -0.39 is 68.7 Å². The summed E-state index contributed by atoms with van der Waals surface area (Å²) in [4.78, 5) is 109. The Hall–Kier alpha value is -9.78. The summed E-state index contributed by atoms with van der Waals surface area (Å²) >= 11 is 5.76. The van der Waals surface area contributed by atoms with Crippen molar-refractivity contribution in [2.24, 2.45) is 21.1 Å². The van der Waals surface area contributed by atoms with Crippen molar-refractivity contribution in [1.29, 1.82) is 0 Å². The maximum atomic E-state index is 14.4. The molecule has 0 saturated heterocycles. The van der Waals surface area contributed by atoms with Crippen LogP contribution in [0.2, 0.25) is 0 Å². The molecule has 0 bridgehead atoms. The van der Waals surface area contributed by atoms with Gasteiger partial charge in [0.1, 0.15) is 24.4 Å². The minimum absolute atomic E-state index is 0.0631. The summed E-state index contributed by atoms with van der Waals surface area (Å²) in [6, 6.07) is 20.1. The Bertz CT molecular complexity index is 3950.